The van der Waals surface area contributed by atoms with Gasteiger partial charge in [0, 0.05) is 24.0 Å². The first-order valence-electron chi connectivity index (χ1n) is 9.49. The van der Waals surface area contributed by atoms with Crippen molar-refractivity contribution in [2.75, 3.05) is 5.32 Å². The molecule has 0 bridgehead atoms. The van der Waals surface area contributed by atoms with E-state index in [1.54, 1.807) is 24.4 Å². The number of carbonyl (C=O) groups is 2. The van der Waals surface area contributed by atoms with E-state index in [9.17, 15) is 9.59 Å². The highest BCUT2D eigenvalue weighted by molar-refractivity contribution is 6.33. The highest BCUT2D eigenvalue weighted by Gasteiger charge is 2.12. The van der Waals surface area contributed by atoms with Crippen LogP contribution in [-0.4, -0.2) is 16.7 Å². The monoisotopic (exact) mass is 410 g/mol. The summed E-state index contributed by atoms with van der Waals surface area (Å²) in [6, 6.07) is 13.0. The van der Waals surface area contributed by atoms with Gasteiger partial charge < -0.3 is 9.73 Å². The average Bonchev–Trinajstić information content (AvgIpc) is 3.17. The van der Waals surface area contributed by atoms with Crippen LogP contribution in [0, 0.1) is 0 Å². The van der Waals surface area contributed by atoms with Crippen LogP contribution in [-0.2, 0) is 11.2 Å². The van der Waals surface area contributed by atoms with Gasteiger partial charge in [0.05, 0.1) is 16.9 Å². The van der Waals surface area contributed by atoms with Crippen molar-refractivity contribution in [2.24, 2.45) is 0 Å². The Morgan fingerprint density at radius 1 is 1.14 bits per heavy atom. The minimum Gasteiger partial charge on any atom is -0.441 e. The van der Waals surface area contributed by atoms with E-state index < -0.39 is 0 Å². The molecule has 0 fully saturated rings. The zero-order chi connectivity index (χ0) is 21.0. The zero-order valence-electron chi connectivity index (χ0n) is 16.7. The number of halogens is 1. The normalized spacial score (nSPS) is 10.9. The number of Topliss-reactive ketones (excluding diaryl/α,β-unsaturated/α-hetero) is 1. The van der Waals surface area contributed by atoms with E-state index in [-0.39, 0.29) is 18.1 Å². The fourth-order valence-corrected chi connectivity index (χ4v) is 3.03. The third-order valence-corrected chi connectivity index (χ3v) is 4.96. The van der Waals surface area contributed by atoms with Crippen molar-refractivity contribution in [2.45, 2.75) is 39.5 Å². The molecule has 0 unspecified atom stereocenters. The van der Waals surface area contributed by atoms with E-state index in [1.165, 1.54) is 12.5 Å². The molecule has 6 heteroatoms. The van der Waals surface area contributed by atoms with Crippen molar-refractivity contribution in [3.63, 3.8) is 0 Å². The van der Waals surface area contributed by atoms with Crippen molar-refractivity contribution in [1.82, 2.24) is 4.98 Å². The van der Waals surface area contributed by atoms with Crippen LogP contribution in [0.5, 0.6) is 0 Å². The molecule has 150 valence electrons. The summed E-state index contributed by atoms with van der Waals surface area (Å²) in [4.78, 5) is 28.0. The molecule has 2 aromatic carbocycles. The molecule has 1 aromatic heterocycles. The van der Waals surface area contributed by atoms with Crippen LogP contribution in [0.2, 0.25) is 5.02 Å². The largest absolute Gasteiger partial charge is 0.441 e. The molecule has 3 rings (SSSR count). The van der Waals surface area contributed by atoms with Crippen LogP contribution in [0.4, 0.5) is 5.69 Å². The van der Waals surface area contributed by atoms with Crippen LogP contribution in [0.3, 0.4) is 0 Å². The first-order valence-corrected chi connectivity index (χ1v) is 9.86. The summed E-state index contributed by atoms with van der Waals surface area (Å²) < 4.78 is 5.78. The summed E-state index contributed by atoms with van der Waals surface area (Å²) in [6.45, 7) is 5.76. The number of benzene rings is 2. The minimum atomic E-state index is -0.228. The van der Waals surface area contributed by atoms with E-state index in [0.29, 0.717) is 40.3 Å². The number of hydrogen-bond donors (Lipinski definition) is 1. The maximum atomic E-state index is 12.3. The van der Waals surface area contributed by atoms with E-state index in [2.05, 4.69) is 36.3 Å². The Balaban J connectivity index is 1.60. The molecular weight excluding hydrogens is 388 g/mol. The predicted octanol–water partition coefficient (Wildman–Crippen LogP) is 5.89. The number of ketones is 1. The topological polar surface area (TPSA) is 72.2 Å². The van der Waals surface area contributed by atoms with Crippen LogP contribution in [0.25, 0.3) is 11.3 Å². The molecule has 0 spiro atoms. The number of amides is 1. The summed E-state index contributed by atoms with van der Waals surface area (Å²) in [7, 11) is 0. The maximum Gasteiger partial charge on any atom is 0.224 e. The molecular formula is C23H23ClN2O3. The van der Waals surface area contributed by atoms with Crippen molar-refractivity contribution in [1.29, 1.82) is 0 Å². The third kappa shape index (κ3) is 5.33. The van der Waals surface area contributed by atoms with Gasteiger partial charge in [0.1, 0.15) is 0 Å². The van der Waals surface area contributed by atoms with E-state index in [1.807, 2.05) is 12.1 Å². The number of nitrogens with zero attached hydrogens (tertiary/aromatic N) is 1. The lowest BCUT2D eigenvalue weighted by molar-refractivity contribution is -0.116. The van der Waals surface area contributed by atoms with Gasteiger partial charge in [0.2, 0.25) is 5.91 Å². The number of nitrogens with one attached hydrogen (secondary N) is 1. The molecule has 3 aromatic rings. The standard InChI is InChI=1S/C23H23ClN2O3/c1-14(2)16-4-6-17(7-5-16)21-13-25-23(29-21)11-10-22(28)26-20-12-18(15(3)27)8-9-19(20)24/h4-9,12-14H,10-11H2,1-3H3,(H,26,28). The summed E-state index contributed by atoms with van der Waals surface area (Å²) in [5.74, 6) is 1.32. The fraction of sp³-hybridized carbons (Fsp3) is 0.261. The highest BCUT2D eigenvalue weighted by Crippen LogP contribution is 2.25. The Morgan fingerprint density at radius 3 is 2.52 bits per heavy atom. The lowest BCUT2D eigenvalue weighted by atomic mass is 10.0. The molecule has 1 heterocycles. The zero-order valence-corrected chi connectivity index (χ0v) is 17.4. The number of aryl methyl sites for hydroxylation is 1. The van der Waals surface area contributed by atoms with Crippen molar-refractivity contribution in [3.05, 3.63) is 70.7 Å². The number of anilines is 1. The molecule has 0 atom stereocenters. The van der Waals surface area contributed by atoms with E-state index in [0.717, 1.165) is 5.56 Å². The van der Waals surface area contributed by atoms with Gasteiger partial charge >= 0.3 is 0 Å². The van der Waals surface area contributed by atoms with Gasteiger partial charge in [-0.05, 0) is 36.6 Å². The van der Waals surface area contributed by atoms with Crippen molar-refractivity contribution >= 4 is 29.0 Å². The number of oxazole rings is 1. The summed E-state index contributed by atoms with van der Waals surface area (Å²) in [5, 5.41) is 3.12. The predicted molar refractivity (Wildman–Crippen MR) is 114 cm³/mol. The highest BCUT2D eigenvalue weighted by atomic mass is 35.5. The van der Waals surface area contributed by atoms with Gasteiger partial charge in [-0.3, -0.25) is 9.59 Å². The second kappa shape index (κ2) is 9.05. The number of aromatic nitrogens is 1. The Morgan fingerprint density at radius 2 is 1.86 bits per heavy atom. The molecule has 0 aliphatic rings. The van der Waals surface area contributed by atoms with Crippen molar-refractivity contribution in [3.8, 4) is 11.3 Å². The Bertz CT molecular complexity index is 1020. The van der Waals surface area contributed by atoms with Gasteiger partial charge in [-0.25, -0.2) is 4.98 Å². The van der Waals surface area contributed by atoms with E-state index >= 15 is 0 Å². The van der Waals surface area contributed by atoms with Gasteiger partial charge in [0.15, 0.2) is 17.4 Å². The van der Waals surface area contributed by atoms with Crippen LogP contribution in [0.15, 0.2) is 53.1 Å². The Labute approximate surface area is 175 Å². The first-order chi connectivity index (χ1) is 13.8. The lowest BCUT2D eigenvalue weighted by Crippen LogP contribution is -2.13. The van der Waals surface area contributed by atoms with Crippen molar-refractivity contribution < 1.29 is 14.0 Å². The lowest BCUT2D eigenvalue weighted by Gasteiger charge is -2.08. The first kappa shape index (κ1) is 20.8. The Hall–Kier alpha value is -2.92. The number of rotatable bonds is 7. The summed E-state index contributed by atoms with van der Waals surface area (Å²) >= 11 is 6.11. The van der Waals surface area contributed by atoms with Crippen LogP contribution in [0.1, 0.15) is 54.9 Å². The molecule has 0 saturated carbocycles. The SMILES string of the molecule is CC(=O)c1ccc(Cl)c(NC(=O)CCc2ncc(-c3ccc(C(C)C)cc3)o2)c1. The van der Waals surface area contributed by atoms with Crippen LogP contribution < -0.4 is 5.32 Å². The van der Waals surface area contributed by atoms with E-state index in [4.69, 9.17) is 16.0 Å². The quantitative estimate of drug-likeness (QED) is 0.492. The summed E-state index contributed by atoms with van der Waals surface area (Å²) in [5.41, 5.74) is 3.12. The third-order valence-electron chi connectivity index (χ3n) is 4.63. The number of hydrogen-bond acceptors (Lipinski definition) is 4. The molecule has 1 N–H and O–H groups in total. The number of carbonyl (C=O) groups excluding carboxylic acids is 2. The average molecular weight is 411 g/mol. The summed E-state index contributed by atoms with van der Waals surface area (Å²) in [6.07, 6.45) is 2.22. The van der Waals surface area contributed by atoms with Crippen LogP contribution >= 0.6 is 11.6 Å². The molecule has 0 aliphatic carbocycles. The maximum absolute atomic E-state index is 12.3. The second-order valence-corrected chi connectivity index (χ2v) is 7.60. The molecule has 1 amide bonds. The minimum absolute atomic E-state index is 0.0918. The van der Waals surface area contributed by atoms with Gasteiger partial charge in [-0.2, -0.15) is 0 Å². The van der Waals surface area contributed by atoms with Gasteiger partial charge in [-0.1, -0.05) is 49.7 Å². The van der Waals surface area contributed by atoms with Gasteiger partial charge in [0.25, 0.3) is 0 Å². The smallest absolute Gasteiger partial charge is 0.224 e. The molecule has 0 saturated heterocycles. The second-order valence-electron chi connectivity index (χ2n) is 7.19. The molecule has 0 aliphatic heterocycles. The molecule has 0 radical (unpaired) electrons. The van der Waals surface area contributed by atoms with Gasteiger partial charge in [-0.15, -0.1) is 0 Å². The fourth-order valence-electron chi connectivity index (χ4n) is 2.86. The molecule has 5 nitrogen and oxygen atoms in total. The Kier molecular flexibility index (Phi) is 6.49. The molecule has 29 heavy (non-hydrogen) atoms.